The molecule has 0 spiro atoms. The van der Waals surface area contributed by atoms with Gasteiger partial charge in [0.15, 0.2) is 0 Å². The molecule has 0 aliphatic rings. The van der Waals surface area contributed by atoms with Crippen LogP contribution in [0.3, 0.4) is 0 Å². The minimum Gasteiger partial charge on any atom is -0.399 e. The van der Waals surface area contributed by atoms with Crippen molar-refractivity contribution in [3.05, 3.63) is 95.2 Å². The molecule has 0 unspecified atom stereocenters. The Hall–Kier alpha value is -0.823. The molecule has 0 fully saturated rings. The third-order valence-corrected chi connectivity index (χ3v) is 18.7. The van der Waals surface area contributed by atoms with E-state index in [0.717, 1.165) is 83.8 Å². The van der Waals surface area contributed by atoms with Gasteiger partial charge in [0.1, 0.15) is 22.6 Å². The van der Waals surface area contributed by atoms with Crippen LogP contribution < -0.4 is 0 Å². The molecule has 6 rings (SSSR count). The summed E-state index contributed by atoms with van der Waals surface area (Å²) in [4.78, 5) is 0. The zero-order valence-electron chi connectivity index (χ0n) is 50.3. The monoisotopic (exact) mass is 1550 g/mol. The van der Waals surface area contributed by atoms with Crippen LogP contribution in [-0.2, 0) is 44.2 Å². The molecule has 0 saturated carbocycles. The van der Waals surface area contributed by atoms with Gasteiger partial charge in [0, 0.05) is 67.1 Å². The predicted octanol–water partition coefficient (Wildman–Crippen LogP) is 16.1. The van der Waals surface area contributed by atoms with Gasteiger partial charge in [-0.3, -0.25) is 0 Å². The molecule has 444 valence electrons. The first-order valence-corrected chi connectivity index (χ1v) is 32.1. The number of halogens is 6. The van der Waals surface area contributed by atoms with E-state index in [0.29, 0.717) is 11.4 Å². The van der Waals surface area contributed by atoms with Gasteiger partial charge in [-0.05, 0) is 182 Å². The second-order valence-corrected chi connectivity index (χ2v) is 29.7. The summed E-state index contributed by atoms with van der Waals surface area (Å²) in [5, 5.41) is 53.5. The van der Waals surface area contributed by atoms with Crippen molar-refractivity contribution in [3.63, 3.8) is 0 Å². The molecule has 78 heavy (non-hydrogen) atoms. The summed E-state index contributed by atoms with van der Waals surface area (Å²) in [5.74, 6) is 2.07. The Labute approximate surface area is 537 Å². The Morgan fingerprint density at radius 1 is 0.295 bits per heavy atom. The molecule has 0 atom stereocenters. The fourth-order valence-electron chi connectivity index (χ4n) is 10.4. The van der Waals surface area contributed by atoms with Crippen molar-refractivity contribution in [3.8, 4) is 0 Å². The second-order valence-electron chi connectivity index (χ2n) is 24.9. The first-order valence-electron chi connectivity index (χ1n) is 27.3. The molecule has 0 aliphatic heterocycles. The molecular formula is C54H86B2Br6N12Ni2O2-2. The van der Waals surface area contributed by atoms with E-state index in [1.165, 1.54) is 0 Å². The molecule has 0 bridgehead atoms. The van der Waals surface area contributed by atoms with Gasteiger partial charge < -0.3 is 37.8 Å². The van der Waals surface area contributed by atoms with Crippen LogP contribution >= 0.6 is 95.6 Å². The van der Waals surface area contributed by atoms with E-state index in [1.807, 2.05) is 0 Å². The van der Waals surface area contributed by atoms with Gasteiger partial charge in [0.05, 0.1) is 49.6 Å². The largest absolute Gasteiger partial charge is 0.399 e. The van der Waals surface area contributed by atoms with E-state index in [-0.39, 0.29) is 92.2 Å². The average molecular weight is 1550 g/mol. The third kappa shape index (κ3) is 14.1. The molecular weight excluding hydrogens is 1470 g/mol. The smallest absolute Gasteiger partial charge is 0.326 e. The Bertz CT molecular complexity index is 2680. The van der Waals surface area contributed by atoms with Crippen molar-refractivity contribution in [2.45, 2.75) is 237 Å². The molecule has 0 radical (unpaired) electrons. The number of hydrogen-bond donors (Lipinski definition) is 2. The summed E-state index contributed by atoms with van der Waals surface area (Å²) in [7, 11) is -3.49. The standard InChI is InChI=1S/2C27H43BBr3N6O.2Ni/c2*1-13(2)21-18(29)23(15(5)6)35(32-21)28(36-24(16(7)8)19(30)22(33-36)14(3)4)37-25(17(9)10)20(31)26(34-37)27(11,12)38;;/h2*13-17,28,38H,1-12H3;;/q2*-1;;. The van der Waals surface area contributed by atoms with E-state index in [1.54, 1.807) is 27.7 Å². The Kier molecular flexibility index (Phi) is 25.2. The van der Waals surface area contributed by atoms with Crippen LogP contribution in [0.1, 0.15) is 294 Å². The molecule has 6 aromatic heterocycles. The fourth-order valence-corrected chi connectivity index (χ4v) is 17.7. The number of rotatable bonds is 18. The summed E-state index contributed by atoms with van der Waals surface area (Å²) >= 11 is 23.3. The molecule has 6 heterocycles. The zero-order valence-corrected chi connectivity index (χ0v) is 61.8. The quantitative estimate of drug-likeness (QED) is 0.0809. The van der Waals surface area contributed by atoms with Gasteiger partial charge in [-0.15, -0.1) is 0 Å². The maximum atomic E-state index is 11.1. The molecule has 24 heteroatoms. The molecule has 0 aromatic carbocycles. The van der Waals surface area contributed by atoms with E-state index in [9.17, 15) is 10.2 Å². The van der Waals surface area contributed by atoms with Crippen LogP contribution in [0.15, 0.2) is 26.8 Å². The fraction of sp³-hybridized carbons (Fsp3) is 0.667. The predicted molar refractivity (Wildman–Crippen MR) is 338 cm³/mol. The minimum absolute atomic E-state index is 0. The molecule has 0 amide bonds. The third-order valence-electron chi connectivity index (χ3n) is 13.9. The average Bonchev–Trinajstić information content (AvgIpc) is 4.10. The van der Waals surface area contributed by atoms with Crippen molar-refractivity contribution >= 4 is 110 Å². The summed E-state index contributed by atoms with van der Waals surface area (Å²) in [6, 6.07) is 0. The van der Waals surface area contributed by atoms with Crippen LogP contribution in [0, 0.1) is 0 Å². The summed E-state index contributed by atoms with van der Waals surface area (Å²) in [6.45, 7) is 50.7. The summed E-state index contributed by atoms with van der Waals surface area (Å²) in [5.41, 5.74) is 9.56. The number of aliphatic hydroxyl groups is 2. The number of hydrogen-bond acceptors (Lipinski definition) is 8. The van der Waals surface area contributed by atoms with Crippen molar-refractivity contribution in [1.29, 1.82) is 0 Å². The molecule has 2 N–H and O–H groups in total. The van der Waals surface area contributed by atoms with Gasteiger partial charge in [-0.25, -0.2) is 30.6 Å². The van der Waals surface area contributed by atoms with Gasteiger partial charge in [-0.2, -0.15) is 0 Å². The van der Waals surface area contributed by atoms with Gasteiger partial charge in [0.2, 0.25) is 0 Å². The van der Waals surface area contributed by atoms with E-state index in [2.05, 4.69) is 262 Å². The van der Waals surface area contributed by atoms with Crippen molar-refractivity contribution in [2.24, 2.45) is 0 Å². The second kappa shape index (κ2) is 27.5. The first-order chi connectivity index (χ1) is 34.8. The Morgan fingerprint density at radius 3 is 0.590 bits per heavy atom. The molecule has 0 aliphatic carbocycles. The molecule has 0 saturated heterocycles. The van der Waals surface area contributed by atoms with Gasteiger partial charge in [0.25, 0.3) is 0 Å². The van der Waals surface area contributed by atoms with Crippen molar-refractivity contribution in [2.75, 3.05) is 0 Å². The van der Waals surface area contributed by atoms with E-state index < -0.39 is 25.4 Å². The summed E-state index contributed by atoms with van der Waals surface area (Å²) in [6.07, 6.45) is 0. The van der Waals surface area contributed by atoms with Crippen LogP contribution in [0.5, 0.6) is 0 Å². The zero-order chi connectivity index (χ0) is 58.0. The Balaban J connectivity index is 0.000000400. The number of nitrogens with zero attached hydrogens (tertiary/aromatic N) is 12. The van der Waals surface area contributed by atoms with E-state index in [4.69, 9.17) is 30.6 Å². The first kappa shape index (κ1) is 71.4. The van der Waals surface area contributed by atoms with Crippen LogP contribution in [0.2, 0.25) is 0 Å². The maximum Gasteiger partial charge on any atom is 0.326 e. The van der Waals surface area contributed by atoms with Crippen LogP contribution in [0.4, 0.5) is 0 Å². The van der Waals surface area contributed by atoms with Gasteiger partial charge in [-0.1, -0.05) is 138 Å². The topological polar surface area (TPSA) is 147 Å². The van der Waals surface area contributed by atoms with Crippen LogP contribution in [-0.4, -0.2) is 82.6 Å². The molecule has 14 nitrogen and oxygen atoms in total. The number of aromatic nitrogens is 12. The van der Waals surface area contributed by atoms with E-state index >= 15 is 0 Å². The SMILES string of the molecule is CC(C)c1nn([BH-](n2nc(C(C)C)c(Br)c2C(C)C)n2nc(C(C)(C)O)c(Br)c2C(C)C)c(C(C)C)c1Br.CC(C)c1nn([BH-](n2nc(C(C)C)c(Br)c2C(C)C)n2nc(C(C)(C)O)c(Br)c2C(C)C)c(C(C)C)c1Br.[Ni].[Ni]. The maximum absolute atomic E-state index is 11.1. The minimum atomic E-state index is -1.74. The summed E-state index contributed by atoms with van der Waals surface area (Å²) < 4.78 is 18.7. The normalized spacial score (nSPS) is 12.8. The van der Waals surface area contributed by atoms with Crippen LogP contribution in [0.25, 0.3) is 0 Å². The Morgan fingerprint density at radius 2 is 0.449 bits per heavy atom. The van der Waals surface area contributed by atoms with Crippen molar-refractivity contribution < 1.29 is 43.2 Å². The van der Waals surface area contributed by atoms with Crippen molar-refractivity contribution in [1.82, 2.24) is 58.1 Å². The molecule has 6 aromatic rings. The van der Waals surface area contributed by atoms with Gasteiger partial charge >= 0.3 is 14.2 Å².